The highest BCUT2D eigenvalue weighted by Gasteiger charge is 2.26. The van der Waals surface area contributed by atoms with Crippen LogP contribution >= 0.6 is 11.3 Å². The SMILES string of the molecule is Cc1nc(N2CCN(c3ccccn3)CC2)c2c(C)c(C(=O)NC3CCCCC3)sc2n1. The molecule has 1 aliphatic carbocycles. The lowest BCUT2D eigenvalue weighted by Crippen LogP contribution is -2.47. The number of nitrogens with one attached hydrogen (secondary N) is 1. The molecule has 1 saturated heterocycles. The van der Waals surface area contributed by atoms with Gasteiger partial charge in [0, 0.05) is 38.4 Å². The van der Waals surface area contributed by atoms with Crippen molar-refractivity contribution in [2.45, 2.75) is 52.0 Å². The van der Waals surface area contributed by atoms with Gasteiger partial charge in [-0.15, -0.1) is 11.3 Å². The van der Waals surface area contributed by atoms with E-state index in [0.29, 0.717) is 6.04 Å². The van der Waals surface area contributed by atoms with Crippen LogP contribution in [-0.4, -0.2) is 53.1 Å². The summed E-state index contributed by atoms with van der Waals surface area (Å²) in [4.78, 5) is 33.4. The van der Waals surface area contributed by atoms with Crippen LogP contribution in [0.25, 0.3) is 10.2 Å². The van der Waals surface area contributed by atoms with E-state index in [4.69, 9.17) is 4.98 Å². The molecule has 0 atom stereocenters. The Morgan fingerprint density at radius 2 is 1.78 bits per heavy atom. The molecule has 1 amide bonds. The summed E-state index contributed by atoms with van der Waals surface area (Å²) >= 11 is 1.50. The lowest BCUT2D eigenvalue weighted by molar-refractivity contribution is 0.0931. The molecule has 0 aromatic carbocycles. The van der Waals surface area contributed by atoms with Gasteiger partial charge in [0.25, 0.3) is 5.91 Å². The van der Waals surface area contributed by atoms with Gasteiger partial charge in [0.15, 0.2) is 0 Å². The molecule has 168 valence electrons. The fraction of sp³-hybridized carbons (Fsp3) is 0.500. The van der Waals surface area contributed by atoms with Crippen LogP contribution in [0.5, 0.6) is 0 Å². The Balaban J connectivity index is 1.39. The van der Waals surface area contributed by atoms with Crippen molar-refractivity contribution < 1.29 is 4.79 Å². The molecule has 0 radical (unpaired) electrons. The number of rotatable bonds is 4. The molecule has 3 aromatic rings. The van der Waals surface area contributed by atoms with E-state index in [1.807, 2.05) is 32.2 Å². The number of amides is 1. The molecule has 2 fully saturated rings. The summed E-state index contributed by atoms with van der Waals surface area (Å²) in [7, 11) is 0. The molecule has 7 nitrogen and oxygen atoms in total. The van der Waals surface area contributed by atoms with Gasteiger partial charge in [0.1, 0.15) is 22.3 Å². The smallest absolute Gasteiger partial charge is 0.261 e. The molecule has 32 heavy (non-hydrogen) atoms. The maximum absolute atomic E-state index is 13.1. The summed E-state index contributed by atoms with van der Waals surface area (Å²) in [6.07, 6.45) is 7.69. The van der Waals surface area contributed by atoms with Crippen molar-refractivity contribution in [1.82, 2.24) is 20.3 Å². The molecule has 5 rings (SSSR count). The number of fused-ring (bicyclic) bond motifs is 1. The zero-order chi connectivity index (χ0) is 22.1. The second-order valence-electron chi connectivity index (χ2n) is 8.80. The third kappa shape index (κ3) is 4.16. The maximum Gasteiger partial charge on any atom is 0.261 e. The number of aryl methyl sites for hydroxylation is 2. The predicted octanol–water partition coefficient (Wildman–Crippen LogP) is 4.09. The minimum atomic E-state index is 0.0426. The van der Waals surface area contributed by atoms with E-state index in [1.54, 1.807) is 0 Å². The number of pyridine rings is 1. The topological polar surface area (TPSA) is 74.2 Å². The first-order valence-corrected chi connectivity index (χ1v) is 12.4. The first kappa shape index (κ1) is 21.1. The number of piperazine rings is 1. The van der Waals surface area contributed by atoms with Gasteiger partial charge >= 0.3 is 0 Å². The van der Waals surface area contributed by atoms with Crippen LogP contribution in [0.2, 0.25) is 0 Å². The highest BCUT2D eigenvalue weighted by molar-refractivity contribution is 7.20. The van der Waals surface area contributed by atoms with Crippen LogP contribution in [0.3, 0.4) is 0 Å². The number of thiophene rings is 1. The molecule has 0 unspecified atom stereocenters. The van der Waals surface area contributed by atoms with Gasteiger partial charge in [-0.2, -0.15) is 0 Å². The van der Waals surface area contributed by atoms with Crippen LogP contribution in [0.1, 0.15) is 53.2 Å². The van der Waals surface area contributed by atoms with E-state index in [9.17, 15) is 4.79 Å². The summed E-state index contributed by atoms with van der Waals surface area (Å²) in [5.74, 6) is 2.77. The largest absolute Gasteiger partial charge is 0.353 e. The number of aromatic nitrogens is 3. The van der Waals surface area contributed by atoms with Crippen LogP contribution in [0.15, 0.2) is 24.4 Å². The Morgan fingerprint density at radius 1 is 1.03 bits per heavy atom. The van der Waals surface area contributed by atoms with Crippen molar-refractivity contribution in [3.8, 4) is 0 Å². The van der Waals surface area contributed by atoms with Crippen molar-refractivity contribution in [3.05, 3.63) is 40.7 Å². The summed E-state index contributed by atoms with van der Waals surface area (Å²) in [5, 5.41) is 4.30. The lowest BCUT2D eigenvalue weighted by Gasteiger charge is -2.36. The Labute approximate surface area is 192 Å². The van der Waals surface area contributed by atoms with Crippen molar-refractivity contribution in [1.29, 1.82) is 0 Å². The zero-order valence-corrected chi connectivity index (χ0v) is 19.6. The van der Waals surface area contributed by atoms with Gasteiger partial charge < -0.3 is 15.1 Å². The number of hydrogen-bond acceptors (Lipinski definition) is 7. The standard InChI is InChI=1S/C24H30N6OS/c1-16-20-22(30-14-12-29(13-15-30)19-10-6-7-11-25-19)26-17(2)27-24(20)32-21(16)23(31)28-18-8-4-3-5-9-18/h6-7,10-11,18H,3-5,8-9,12-15H2,1-2H3,(H,28,31). The summed E-state index contributed by atoms with van der Waals surface area (Å²) in [5.41, 5.74) is 1.00. The Hall–Kier alpha value is -2.74. The molecular weight excluding hydrogens is 420 g/mol. The molecular formula is C24H30N6OS. The predicted molar refractivity (Wildman–Crippen MR) is 130 cm³/mol. The van der Waals surface area contributed by atoms with Gasteiger partial charge in [-0.05, 0) is 44.4 Å². The van der Waals surface area contributed by atoms with Crippen molar-refractivity contribution in [2.75, 3.05) is 36.0 Å². The fourth-order valence-electron chi connectivity index (χ4n) is 4.85. The minimum Gasteiger partial charge on any atom is -0.353 e. The number of hydrogen-bond donors (Lipinski definition) is 1. The van der Waals surface area contributed by atoms with E-state index in [2.05, 4.69) is 31.2 Å². The fourth-order valence-corrected chi connectivity index (χ4v) is 5.98. The highest BCUT2D eigenvalue weighted by Crippen LogP contribution is 2.36. The molecule has 3 aromatic heterocycles. The number of anilines is 2. The average molecular weight is 451 g/mol. The van der Waals surface area contributed by atoms with Gasteiger partial charge in [-0.25, -0.2) is 15.0 Å². The average Bonchev–Trinajstić information content (AvgIpc) is 3.16. The third-order valence-corrected chi connectivity index (χ3v) is 7.77. The van der Waals surface area contributed by atoms with E-state index < -0.39 is 0 Å². The molecule has 8 heteroatoms. The molecule has 2 aliphatic rings. The highest BCUT2D eigenvalue weighted by atomic mass is 32.1. The van der Waals surface area contributed by atoms with Crippen LogP contribution in [0, 0.1) is 13.8 Å². The Bertz CT molecular complexity index is 1100. The Kier molecular flexibility index (Phi) is 5.95. The zero-order valence-electron chi connectivity index (χ0n) is 18.8. The molecule has 1 saturated carbocycles. The molecule has 0 spiro atoms. The van der Waals surface area contributed by atoms with E-state index in [0.717, 1.165) is 77.1 Å². The lowest BCUT2D eigenvalue weighted by atomic mass is 9.95. The second-order valence-corrected chi connectivity index (χ2v) is 9.80. The normalized spacial score (nSPS) is 17.7. The van der Waals surface area contributed by atoms with Crippen LogP contribution in [0.4, 0.5) is 11.6 Å². The number of nitrogens with zero attached hydrogens (tertiary/aromatic N) is 5. The molecule has 1 aliphatic heterocycles. The van der Waals surface area contributed by atoms with Gasteiger partial charge in [0.05, 0.1) is 10.3 Å². The molecule has 4 heterocycles. The van der Waals surface area contributed by atoms with Gasteiger partial charge in [-0.3, -0.25) is 4.79 Å². The first-order chi connectivity index (χ1) is 15.6. The maximum atomic E-state index is 13.1. The van der Waals surface area contributed by atoms with Crippen LogP contribution in [-0.2, 0) is 0 Å². The van der Waals surface area contributed by atoms with Gasteiger partial charge in [-0.1, -0.05) is 25.3 Å². The molecule has 1 N–H and O–H groups in total. The quantitative estimate of drug-likeness (QED) is 0.645. The van der Waals surface area contributed by atoms with Crippen molar-refractivity contribution in [3.63, 3.8) is 0 Å². The van der Waals surface area contributed by atoms with Crippen molar-refractivity contribution >= 4 is 39.1 Å². The van der Waals surface area contributed by atoms with Crippen LogP contribution < -0.4 is 15.1 Å². The Morgan fingerprint density at radius 3 is 2.50 bits per heavy atom. The van der Waals surface area contributed by atoms with Gasteiger partial charge in [0.2, 0.25) is 0 Å². The van der Waals surface area contributed by atoms with E-state index >= 15 is 0 Å². The minimum absolute atomic E-state index is 0.0426. The summed E-state index contributed by atoms with van der Waals surface area (Å²) in [6.45, 7) is 7.48. The van der Waals surface area contributed by atoms with E-state index in [-0.39, 0.29) is 5.91 Å². The second kappa shape index (κ2) is 9.02. The first-order valence-electron chi connectivity index (χ1n) is 11.6. The summed E-state index contributed by atoms with van der Waals surface area (Å²) in [6, 6.07) is 6.33. The molecule has 0 bridgehead atoms. The third-order valence-electron chi connectivity index (χ3n) is 6.58. The van der Waals surface area contributed by atoms with Crippen molar-refractivity contribution in [2.24, 2.45) is 0 Å². The van der Waals surface area contributed by atoms with E-state index in [1.165, 1.54) is 30.6 Å². The number of carbonyl (C=O) groups excluding carboxylic acids is 1. The monoisotopic (exact) mass is 450 g/mol. The summed E-state index contributed by atoms with van der Waals surface area (Å²) < 4.78 is 0. The number of carbonyl (C=O) groups is 1.